The van der Waals surface area contributed by atoms with Gasteiger partial charge in [0, 0.05) is 25.5 Å². The fraction of sp³-hybridized carbons (Fsp3) is 0.245. The van der Waals surface area contributed by atoms with Gasteiger partial charge in [0.2, 0.25) is 17.7 Å². The van der Waals surface area contributed by atoms with Crippen LogP contribution < -0.4 is 27.0 Å². The zero-order valence-corrected chi connectivity index (χ0v) is 34.7. The molecule has 0 unspecified atom stereocenters. The summed E-state index contributed by atoms with van der Waals surface area (Å²) in [5.74, 6) is -3.23. The maximum Gasteiger partial charge on any atom is 0.326 e. The van der Waals surface area contributed by atoms with E-state index < -0.39 is 53.4 Å². The number of carboxylic acids is 1. The molecule has 6 aromatic rings. The molecule has 0 aliphatic carbocycles. The number of hydrogen-bond acceptors (Lipinski definition) is 9. The zero-order chi connectivity index (χ0) is 44.6. The van der Waals surface area contributed by atoms with Crippen LogP contribution in [0, 0.1) is 0 Å². The molecule has 0 bridgehead atoms. The van der Waals surface area contributed by atoms with Crippen LogP contribution in [0.25, 0.3) is 0 Å². The van der Waals surface area contributed by atoms with Crippen molar-refractivity contribution in [1.82, 2.24) is 31.2 Å². The van der Waals surface area contributed by atoms with E-state index in [1.807, 2.05) is 91.0 Å². The fourth-order valence-corrected chi connectivity index (χ4v) is 7.62. The van der Waals surface area contributed by atoms with Crippen molar-refractivity contribution in [1.29, 1.82) is 0 Å². The van der Waals surface area contributed by atoms with Crippen molar-refractivity contribution in [3.05, 3.63) is 186 Å². The molecule has 10 N–H and O–H groups in total. The molecule has 0 aliphatic rings. The minimum Gasteiger partial charge on any atom is -0.508 e. The van der Waals surface area contributed by atoms with Gasteiger partial charge in [-0.1, -0.05) is 115 Å². The smallest absolute Gasteiger partial charge is 0.326 e. The van der Waals surface area contributed by atoms with E-state index in [9.17, 15) is 34.5 Å². The summed E-state index contributed by atoms with van der Waals surface area (Å²) in [6.45, 7) is 0.350. The standard InChI is InChI=1S/C49H53N7O7/c50-27-11-10-18-41(45(59)54-42(28-33-19-23-39(57)24-20-33)46(60)55-44(48(62)63)29-34-21-25-40(58)26-22-34)53-47(61)43(30-38-31-51-32-52-38)56-49(35-12-4-1-5-13-35,36-14-6-2-7-15-36)37-16-8-3-9-17-37/h1-9,12-17,19-26,31-32,41-44,56-58H,10-11,18,27-30,50H2,(H,51,52)(H,53,61)(H,54,59)(H,55,60)(H,62,63)/t41-,42-,43-,44-/m0/s1. The molecule has 1 aromatic heterocycles. The van der Waals surface area contributed by atoms with Crippen molar-refractivity contribution in [3.8, 4) is 11.5 Å². The summed E-state index contributed by atoms with van der Waals surface area (Å²) in [6.07, 6.45) is 4.41. The Morgan fingerprint density at radius 1 is 0.571 bits per heavy atom. The number of phenols is 2. The summed E-state index contributed by atoms with van der Waals surface area (Å²) in [5, 5.41) is 41.9. The number of nitrogens with one attached hydrogen (secondary N) is 5. The minimum atomic E-state index is -1.38. The van der Waals surface area contributed by atoms with Crippen LogP contribution in [-0.2, 0) is 44.0 Å². The summed E-state index contributed by atoms with van der Waals surface area (Å²) in [5.41, 5.74) is 9.13. The van der Waals surface area contributed by atoms with Crippen molar-refractivity contribution < 1.29 is 34.5 Å². The average molecular weight is 852 g/mol. The van der Waals surface area contributed by atoms with Crippen molar-refractivity contribution >= 4 is 23.7 Å². The second kappa shape index (κ2) is 22.0. The normalized spacial score (nSPS) is 13.2. The molecule has 326 valence electrons. The largest absolute Gasteiger partial charge is 0.508 e. The molecule has 0 aliphatic heterocycles. The molecular weight excluding hydrogens is 799 g/mol. The average Bonchev–Trinajstić information content (AvgIpc) is 3.82. The van der Waals surface area contributed by atoms with Gasteiger partial charge in [-0.15, -0.1) is 0 Å². The first kappa shape index (κ1) is 45.2. The number of amides is 3. The van der Waals surface area contributed by atoms with Crippen LogP contribution >= 0.6 is 0 Å². The summed E-state index contributed by atoms with van der Waals surface area (Å²) in [7, 11) is 0. The molecule has 0 saturated carbocycles. The van der Waals surface area contributed by atoms with Crippen molar-refractivity contribution in [2.24, 2.45) is 5.73 Å². The van der Waals surface area contributed by atoms with Crippen LogP contribution in [0.5, 0.6) is 11.5 Å². The first-order chi connectivity index (χ1) is 30.5. The van der Waals surface area contributed by atoms with Gasteiger partial charge in [0.1, 0.15) is 29.6 Å². The van der Waals surface area contributed by atoms with E-state index in [4.69, 9.17) is 5.73 Å². The second-order valence-corrected chi connectivity index (χ2v) is 15.4. The number of carbonyl (C=O) groups is 4. The molecule has 0 spiro atoms. The maximum absolute atomic E-state index is 14.9. The van der Waals surface area contributed by atoms with Gasteiger partial charge in [0.05, 0.1) is 23.6 Å². The van der Waals surface area contributed by atoms with E-state index in [1.54, 1.807) is 30.5 Å². The van der Waals surface area contributed by atoms with Gasteiger partial charge in [-0.25, -0.2) is 9.78 Å². The molecule has 5 aromatic carbocycles. The number of rotatable bonds is 22. The van der Waals surface area contributed by atoms with Crippen LogP contribution in [0.2, 0.25) is 0 Å². The lowest BCUT2D eigenvalue weighted by atomic mass is 9.76. The molecule has 1 heterocycles. The van der Waals surface area contributed by atoms with E-state index in [1.165, 1.54) is 30.6 Å². The first-order valence-corrected chi connectivity index (χ1v) is 20.9. The monoisotopic (exact) mass is 851 g/mol. The number of aromatic hydroxyl groups is 2. The Hall–Kier alpha value is -7.29. The van der Waals surface area contributed by atoms with Crippen LogP contribution in [-0.4, -0.2) is 79.7 Å². The van der Waals surface area contributed by atoms with Gasteiger partial charge in [-0.2, -0.15) is 0 Å². The number of phenolic OH excluding ortho intramolecular Hbond substituents is 2. The molecule has 0 radical (unpaired) electrons. The minimum absolute atomic E-state index is 0.000112. The highest BCUT2D eigenvalue weighted by Gasteiger charge is 2.41. The number of unbranched alkanes of at least 4 members (excludes halogenated alkanes) is 1. The summed E-state index contributed by atoms with van der Waals surface area (Å²) >= 11 is 0. The van der Waals surface area contributed by atoms with E-state index in [0.717, 1.165) is 16.7 Å². The number of nitrogens with two attached hydrogens (primary N) is 1. The molecule has 0 saturated heterocycles. The van der Waals surface area contributed by atoms with Gasteiger partial charge in [-0.05, 0) is 77.9 Å². The third-order valence-corrected chi connectivity index (χ3v) is 10.9. The summed E-state index contributed by atoms with van der Waals surface area (Å²) in [6, 6.07) is 36.6. The quantitative estimate of drug-likeness (QED) is 0.0344. The molecule has 0 fully saturated rings. The Bertz CT molecular complexity index is 2270. The number of hydrogen-bond donors (Lipinski definition) is 9. The number of carboxylic acid groups (broad SMARTS) is 1. The molecule has 14 nitrogen and oxygen atoms in total. The Labute approximate surface area is 366 Å². The lowest BCUT2D eigenvalue weighted by Crippen LogP contribution is -2.60. The number of aliphatic carboxylic acids is 1. The molecular formula is C49H53N7O7. The van der Waals surface area contributed by atoms with E-state index in [-0.39, 0.29) is 37.2 Å². The Kier molecular flexibility index (Phi) is 15.8. The molecule has 3 amide bonds. The third kappa shape index (κ3) is 12.2. The second-order valence-electron chi connectivity index (χ2n) is 15.4. The number of nitrogens with zero attached hydrogens (tertiary/aromatic N) is 1. The highest BCUT2D eigenvalue weighted by atomic mass is 16.4. The lowest BCUT2D eigenvalue weighted by Gasteiger charge is -2.40. The van der Waals surface area contributed by atoms with Gasteiger partial charge >= 0.3 is 5.97 Å². The van der Waals surface area contributed by atoms with Crippen LogP contribution in [0.4, 0.5) is 0 Å². The number of carbonyl (C=O) groups excluding carboxylic acids is 3. The fourth-order valence-electron chi connectivity index (χ4n) is 7.62. The number of aromatic amines is 1. The number of H-pyrrole nitrogens is 1. The van der Waals surface area contributed by atoms with Gasteiger partial charge in [0.25, 0.3) is 0 Å². The Morgan fingerprint density at radius 2 is 1.02 bits per heavy atom. The number of aromatic nitrogens is 2. The first-order valence-electron chi connectivity index (χ1n) is 20.9. The molecule has 63 heavy (non-hydrogen) atoms. The lowest BCUT2D eigenvalue weighted by molar-refractivity contribution is -0.142. The van der Waals surface area contributed by atoms with Crippen LogP contribution in [0.3, 0.4) is 0 Å². The SMILES string of the molecule is NCCCC[C@H](NC(=O)[C@H](Cc1c[nH]cn1)NC(c1ccccc1)(c1ccccc1)c1ccccc1)C(=O)N[C@@H](Cc1ccc(O)cc1)C(=O)N[C@@H](Cc1ccc(O)cc1)C(=O)O. The number of benzene rings is 5. The van der Waals surface area contributed by atoms with Crippen molar-refractivity contribution in [3.63, 3.8) is 0 Å². The predicted molar refractivity (Wildman–Crippen MR) is 238 cm³/mol. The van der Waals surface area contributed by atoms with Crippen molar-refractivity contribution in [2.75, 3.05) is 6.54 Å². The molecule has 4 atom stereocenters. The van der Waals surface area contributed by atoms with E-state index in [0.29, 0.717) is 36.2 Å². The third-order valence-electron chi connectivity index (χ3n) is 10.9. The van der Waals surface area contributed by atoms with E-state index >= 15 is 0 Å². The highest BCUT2D eigenvalue weighted by Crippen LogP contribution is 2.37. The zero-order valence-electron chi connectivity index (χ0n) is 34.7. The Balaban J connectivity index is 1.33. The van der Waals surface area contributed by atoms with E-state index in [2.05, 4.69) is 31.2 Å². The number of imidazole rings is 1. The molecule has 14 heteroatoms. The van der Waals surface area contributed by atoms with Crippen LogP contribution in [0.15, 0.2) is 152 Å². The summed E-state index contributed by atoms with van der Waals surface area (Å²) < 4.78 is 0. The summed E-state index contributed by atoms with van der Waals surface area (Å²) in [4.78, 5) is 63.4. The van der Waals surface area contributed by atoms with Gasteiger partial charge in [-0.3, -0.25) is 19.7 Å². The maximum atomic E-state index is 14.9. The van der Waals surface area contributed by atoms with Gasteiger partial charge < -0.3 is 42.0 Å². The molecule has 6 rings (SSSR count). The van der Waals surface area contributed by atoms with Crippen molar-refractivity contribution in [2.45, 2.75) is 68.2 Å². The Morgan fingerprint density at radius 3 is 1.48 bits per heavy atom. The van der Waals surface area contributed by atoms with Gasteiger partial charge in [0.15, 0.2) is 0 Å². The van der Waals surface area contributed by atoms with Crippen LogP contribution in [0.1, 0.15) is 52.8 Å². The topological polar surface area (TPSA) is 232 Å². The predicted octanol–water partition coefficient (Wildman–Crippen LogP) is 4.47. The highest BCUT2D eigenvalue weighted by molar-refractivity contribution is 5.94.